The van der Waals surface area contributed by atoms with Gasteiger partial charge in [-0.3, -0.25) is 0 Å². The molecule has 1 aliphatic rings. The van der Waals surface area contributed by atoms with Gasteiger partial charge in [0, 0.05) is 13.2 Å². The van der Waals surface area contributed by atoms with Gasteiger partial charge in [0.1, 0.15) is 0 Å². The molecule has 0 saturated carbocycles. The van der Waals surface area contributed by atoms with Gasteiger partial charge in [0.25, 0.3) is 0 Å². The minimum absolute atomic E-state index is 0.104. The van der Waals surface area contributed by atoms with E-state index < -0.39 is 0 Å². The van der Waals surface area contributed by atoms with E-state index in [-0.39, 0.29) is 17.7 Å². The molecule has 1 aromatic rings. The summed E-state index contributed by atoms with van der Waals surface area (Å²) in [6.07, 6.45) is 0.851. The van der Waals surface area contributed by atoms with E-state index in [1.165, 1.54) is 5.56 Å². The lowest BCUT2D eigenvalue weighted by atomic mass is 9.82. The molecule has 1 unspecified atom stereocenters. The smallest absolute Gasteiger partial charge is 0.0830 e. The molecule has 0 radical (unpaired) electrons. The highest BCUT2D eigenvalue weighted by Gasteiger charge is 2.49. The summed E-state index contributed by atoms with van der Waals surface area (Å²) in [5.41, 5.74) is 0.572. The van der Waals surface area contributed by atoms with Crippen molar-refractivity contribution < 1.29 is 9.84 Å². The Morgan fingerprint density at radius 2 is 2.00 bits per heavy atom. The zero-order valence-electron chi connectivity index (χ0n) is 10.6. The van der Waals surface area contributed by atoms with Crippen LogP contribution < -0.4 is 5.32 Å². The number of aliphatic hydroxyl groups is 1. The minimum Gasteiger partial charge on any atom is -0.394 e. The van der Waals surface area contributed by atoms with Crippen molar-refractivity contribution in [2.45, 2.75) is 38.0 Å². The van der Waals surface area contributed by atoms with Crippen LogP contribution >= 0.6 is 0 Å². The van der Waals surface area contributed by atoms with E-state index >= 15 is 0 Å². The molecule has 1 fully saturated rings. The molecule has 2 rings (SSSR count). The number of nitrogens with one attached hydrogen (secondary N) is 1. The van der Waals surface area contributed by atoms with Gasteiger partial charge in [-0.1, -0.05) is 30.3 Å². The fourth-order valence-electron chi connectivity index (χ4n) is 2.41. The number of benzene rings is 1. The molecule has 3 heteroatoms. The Kier molecular flexibility index (Phi) is 3.52. The van der Waals surface area contributed by atoms with Crippen LogP contribution in [-0.4, -0.2) is 29.5 Å². The third-order valence-electron chi connectivity index (χ3n) is 3.89. The third-order valence-corrected chi connectivity index (χ3v) is 3.89. The van der Waals surface area contributed by atoms with Crippen molar-refractivity contribution in [1.82, 2.24) is 5.32 Å². The lowest BCUT2D eigenvalue weighted by molar-refractivity contribution is -0.0308. The van der Waals surface area contributed by atoms with Crippen molar-refractivity contribution in [3.8, 4) is 0 Å². The highest BCUT2D eigenvalue weighted by molar-refractivity contribution is 5.16. The van der Waals surface area contributed by atoms with Crippen molar-refractivity contribution in [1.29, 1.82) is 0 Å². The largest absolute Gasteiger partial charge is 0.394 e. The van der Waals surface area contributed by atoms with Crippen molar-refractivity contribution >= 4 is 0 Å². The maximum Gasteiger partial charge on any atom is 0.0830 e. The van der Waals surface area contributed by atoms with Crippen molar-refractivity contribution in [3.05, 3.63) is 35.9 Å². The molecule has 17 heavy (non-hydrogen) atoms. The zero-order valence-corrected chi connectivity index (χ0v) is 10.6. The van der Waals surface area contributed by atoms with Crippen LogP contribution in [0.2, 0.25) is 0 Å². The average molecular weight is 235 g/mol. The van der Waals surface area contributed by atoms with Gasteiger partial charge >= 0.3 is 0 Å². The minimum atomic E-state index is -0.331. The Morgan fingerprint density at radius 3 is 2.53 bits per heavy atom. The molecule has 1 saturated heterocycles. The van der Waals surface area contributed by atoms with Gasteiger partial charge in [-0.2, -0.15) is 0 Å². The van der Waals surface area contributed by atoms with E-state index in [4.69, 9.17) is 4.74 Å². The summed E-state index contributed by atoms with van der Waals surface area (Å²) >= 11 is 0. The monoisotopic (exact) mass is 235 g/mol. The lowest BCUT2D eigenvalue weighted by Gasteiger charge is -2.39. The molecule has 0 amide bonds. The molecular weight excluding hydrogens is 214 g/mol. The summed E-state index contributed by atoms with van der Waals surface area (Å²) in [5.74, 6) is 0. The number of rotatable bonds is 4. The van der Waals surface area contributed by atoms with Crippen molar-refractivity contribution in [3.63, 3.8) is 0 Å². The second-order valence-corrected chi connectivity index (χ2v) is 5.19. The van der Waals surface area contributed by atoms with E-state index in [1.54, 1.807) is 0 Å². The Hall–Kier alpha value is -0.900. The molecule has 1 heterocycles. The maximum absolute atomic E-state index is 9.69. The first kappa shape index (κ1) is 12.6. The van der Waals surface area contributed by atoms with Crippen molar-refractivity contribution in [2.24, 2.45) is 0 Å². The Balaban J connectivity index is 2.06. The van der Waals surface area contributed by atoms with Gasteiger partial charge in [-0.05, 0) is 25.8 Å². The van der Waals surface area contributed by atoms with E-state index in [0.29, 0.717) is 6.61 Å². The first-order valence-corrected chi connectivity index (χ1v) is 6.13. The SMILES string of the molecule is CC1(C)OCCC1(CO)NCc1ccccc1. The second kappa shape index (κ2) is 4.77. The molecule has 1 aliphatic heterocycles. The predicted molar refractivity (Wildman–Crippen MR) is 67.7 cm³/mol. The van der Waals surface area contributed by atoms with Crippen LogP contribution in [0, 0.1) is 0 Å². The lowest BCUT2D eigenvalue weighted by Crippen LogP contribution is -2.59. The summed E-state index contributed by atoms with van der Waals surface area (Å²) in [6.45, 7) is 5.64. The van der Waals surface area contributed by atoms with Crippen LogP contribution in [0.5, 0.6) is 0 Å². The van der Waals surface area contributed by atoms with Crippen molar-refractivity contribution in [2.75, 3.05) is 13.2 Å². The number of hydrogen-bond acceptors (Lipinski definition) is 3. The first-order valence-electron chi connectivity index (χ1n) is 6.13. The van der Waals surface area contributed by atoms with E-state index in [1.807, 2.05) is 32.0 Å². The Morgan fingerprint density at radius 1 is 1.29 bits per heavy atom. The molecule has 2 N–H and O–H groups in total. The van der Waals surface area contributed by atoms with Crippen LogP contribution in [0.4, 0.5) is 0 Å². The standard InChI is InChI=1S/C14H21NO2/c1-13(2)14(11-16,8-9-17-13)15-10-12-6-4-3-5-7-12/h3-7,15-16H,8-11H2,1-2H3. The summed E-state index contributed by atoms with van der Waals surface area (Å²) in [6, 6.07) is 10.2. The molecule has 1 atom stereocenters. The van der Waals surface area contributed by atoms with Gasteiger partial charge in [0.05, 0.1) is 17.7 Å². The van der Waals surface area contributed by atoms with Gasteiger partial charge < -0.3 is 15.2 Å². The summed E-state index contributed by atoms with van der Waals surface area (Å²) < 4.78 is 5.71. The molecule has 0 spiro atoms. The Labute approximate surface area is 103 Å². The second-order valence-electron chi connectivity index (χ2n) is 5.19. The van der Waals surface area contributed by atoms with Crippen LogP contribution in [0.25, 0.3) is 0 Å². The van der Waals surface area contributed by atoms with Gasteiger partial charge in [-0.25, -0.2) is 0 Å². The average Bonchev–Trinajstić information content (AvgIpc) is 2.64. The molecule has 0 aromatic heterocycles. The van der Waals surface area contributed by atoms with Gasteiger partial charge in [0.15, 0.2) is 0 Å². The summed E-state index contributed by atoms with van der Waals surface area (Å²) in [5, 5.41) is 13.2. The molecule has 0 bridgehead atoms. The molecular formula is C14H21NO2. The van der Waals surface area contributed by atoms with Crippen LogP contribution in [0.3, 0.4) is 0 Å². The molecule has 1 aromatic carbocycles. The number of hydrogen-bond donors (Lipinski definition) is 2. The number of aliphatic hydroxyl groups excluding tert-OH is 1. The van der Waals surface area contributed by atoms with E-state index in [9.17, 15) is 5.11 Å². The predicted octanol–water partition coefficient (Wildman–Crippen LogP) is 1.71. The van der Waals surface area contributed by atoms with E-state index in [0.717, 1.165) is 13.0 Å². The quantitative estimate of drug-likeness (QED) is 0.834. The first-order chi connectivity index (χ1) is 8.10. The topological polar surface area (TPSA) is 41.5 Å². The highest BCUT2D eigenvalue weighted by Crippen LogP contribution is 2.35. The van der Waals surface area contributed by atoms with Crippen LogP contribution in [-0.2, 0) is 11.3 Å². The van der Waals surface area contributed by atoms with Crippen LogP contribution in [0.1, 0.15) is 25.8 Å². The van der Waals surface area contributed by atoms with Gasteiger partial charge in [-0.15, -0.1) is 0 Å². The number of ether oxygens (including phenoxy) is 1. The highest BCUT2D eigenvalue weighted by atomic mass is 16.5. The zero-order chi connectivity index (χ0) is 12.4. The summed E-state index contributed by atoms with van der Waals surface area (Å²) in [7, 11) is 0. The maximum atomic E-state index is 9.69. The summed E-state index contributed by atoms with van der Waals surface area (Å²) in [4.78, 5) is 0. The van der Waals surface area contributed by atoms with Gasteiger partial charge in [0.2, 0.25) is 0 Å². The fourth-order valence-corrected chi connectivity index (χ4v) is 2.41. The molecule has 94 valence electrons. The van der Waals surface area contributed by atoms with Crippen LogP contribution in [0.15, 0.2) is 30.3 Å². The molecule has 0 aliphatic carbocycles. The molecule has 3 nitrogen and oxygen atoms in total. The van der Waals surface area contributed by atoms with E-state index in [2.05, 4.69) is 17.4 Å². The normalized spacial score (nSPS) is 27.2. The third kappa shape index (κ3) is 2.37. The fraction of sp³-hybridized carbons (Fsp3) is 0.571. The Bertz CT molecular complexity index is 364.